The van der Waals surface area contributed by atoms with Crippen LogP contribution in [-0.2, 0) is 0 Å². The first-order valence-corrected chi connectivity index (χ1v) is 6.01. The molecule has 0 saturated heterocycles. The van der Waals surface area contributed by atoms with E-state index in [4.69, 9.17) is 9.47 Å². The minimum absolute atomic E-state index is 0.357. The molecule has 1 saturated carbocycles. The largest absolute Gasteiger partial charge is 0.454 e. The Balaban J connectivity index is 1.84. The second-order valence-electron chi connectivity index (χ2n) is 4.48. The molecule has 0 N–H and O–H groups in total. The molecule has 0 amide bonds. The Bertz CT molecular complexity index is 413. The van der Waals surface area contributed by atoms with Crippen LogP contribution in [0.2, 0.25) is 0 Å². The number of allylic oxidation sites excluding steroid dienone is 1. The van der Waals surface area contributed by atoms with Gasteiger partial charge in [0, 0.05) is 0 Å². The van der Waals surface area contributed by atoms with Crippen molar-refractivity contribution in [3.05, 3.63) is 29.3 Å². The predicted octanol–water partition coefficient (Wildman–Crippen LogP) is 3.76. The lowest BCUT2D eigenvalue weighted by Gasteiger charge is -2.13. The quantitative estimate of drug-likeness (QED) is 0.711. The van der Waals surface area contributed by atoms with Crippen LogP contribution >= 0.6 is 0 Å². The van der Waals surface area contributed by atoms with Crippen LogP contribution in [0.5, 0.6) is 11.5 Å². The summed E-state index contributed by atoms with van der Waals surface area (Å²) in [4.78, 5) is 0. The van der Waals surface area contributed by atoms with E-state index in [-0.39, 0.29) is 0 Å². The van der Waals surface area contributed by atoms with Crippen molar-refractivity contribution in [2.45, 2.75) is 32.1 Å². The Morgan fingerprint density at radius 3 is 2.62 bits per heavy atom. The molecule has 0 unspecified atom stereocenters. The van der Waals surface area contributed by atoms with Crippen molar-refractivity contribution in [1.82, 2.24) is 0 Å². The Hall–Kier alpha value is -1.44. The lowest BCUT2D eigenvalue weighted by Crippen LogP contribution is -1.93. The number of ether oxygens (including phenoxy) is 2. The molecule has 1 aliphatic carbocycles. The van der Waals surface area contributed by atoms with Gasteiger partial charge in [0.25, 0.3) is 0 Å². The number of hydrogen-bond acceptors (Lipinski definition) is 2. The molecular weight excluding hydrogens is 200 g/mol. The summed E-state index contributed by atoms with van der Waals surface area (Å²) in [5.41, 5.74) is 2.81. The monoisotopic (exact) mass is 216 g/mol. The minimum Gasteiger partial charge on any atom is -0.454 e. The van der Waals surface area contributed by atoms with Gasteiger partial charge in [0.05, 0.1) is 0 Å². The number of hydrogen-bond donors (Lipinski definition) is 0. The number of fused-ring (bicyclic) bond motifs is 1. The normalized spacial score (nSPS) is 18.6. The molecule has 0 aromatic heterocycles. The number of rotatable bonds is 1. The van der Waals surface area contributed by atoms with Crippen LogP contribution in [-0.4, -0.2) is 6.79 Å². The molecule has 2 heteroatoms. The van der Waals surface area contributed by atoms with Gasteiger partial charge in [0.15, 0.2) is 11.5 Å². The number of benzene rings is 1. The fourth-order valence-corrected chi connectivity index (χ4v) is 2.39. The second kappa shape index (κ2) is 4.20. The Labute approximate surface area is 95.9 Å². The molecule has 1 heterocycles. The van der Waals surface area contributed by atoms with Crippen molar-refractivity contribution in [3.63, 3.8) is 0 Å². The van der Waals surface area contributed by atoms with Crippen LogP contribution in [0.15, 0.2) is 23.8 Å². The van der Waals surface area contributed by atoms with E-state index in [9.17, 15) is 0 Å². The van der Waals surface area contributed by atoms with Crippen LogP contribution in [0.4, 0.5) is 0 Å². The van der Waals surface area contributed by atoms with Gasteiger partial charge in [0.1, 0.15) is 0 Å². The van der Waals surface area contributed by atoms with E-state index in [2.05, 4.69) is 18.2 Å². The van der Waals surface area contributed by atoms with Crippen molar-refractivity contribution in [1.29, 1.82) is 0 Å². The third kappa shape index (κ3) is 1.92. The first-order chi connectivity index (χ1) is 7.92. The van der Waals surface area contributed by atoms with E-state index in [1.54, 1.807) is 5.57 Å². The highest BCUT2D eigenvalue weighted by atomic mass is 16.7. The predicted molar refractivity (Wildman–Crippen MR) is 63.6 cm³/mol. The summed E-state index contributed by atoms with van der Waals surface area (Å²) in [6, 6.07) is 6.18. The molecule has 0 spiro atoms. The maximum atomic E-state index is 5.38. The molecule has 0 radical (unpaired) electrons. The average Bonchev–Trinajstić information content (AvgIpc) is 2.77. The molecule has 2 aliphatic rings. The zero-order valence-corrected chi connectivity index (χ0v) is 9.37. The van der Waals surface area contributed by atoms with Gasteiger partial charge in [0.2, 0.25) is 6.79 Å². The molecule has 1 aliphatic heterocycles. The summed E-state index contributed by atoms with van der Waals surface area (Å²) in [7, 11) is 0. The molecule has 1 aromatic carbocycles. The van der Waals surface area contributed by atoms with Gasteiger partial charge in [-0.15, -0.1) is 0 Å². The van der Waals surface area contributed by atoms with Crippen molar-refractivity contribution in [2.24, 2.45) is 0 Å². The summed E-state index contributed by atoms with van der Waals surface area (Å²) in [5.74, 6) is 1.75. The smallest absolute Gasteiger partial charge is 0.231 e. The van der Waals surface area contributed by atoms with E-state index < -0.39 is 0 Å². The Morgan fingerprint density at radius 1 is 0.938 bits per heavy atom. The summed E-state index contributed by atoms with van der Waals surface area (Å²) in [6.07, 6.45) is 8.90. The molecule has 1 aromatic rings. The molecule has 0 atom stereocenters. The van der Waals surface area contributed by atoms with E-state index in [0.29, 0.717) is 6.79 Å². The fraction of sp³-hybridized carbons (Fsp3) is 0.429. The van der Waals surface area contributed by atoms with Crippen LogP contribution < -0.4 is 9.47 Å². The standard InChI is InChI=1S/C14H16O2/c1-2-4-11(5-3-1)8-12-6-7-13-14(9-12)16-10-15-13/h6-9H,1-5,10H2. The highest BCUT2D eigenvalue weighted by Crippen LogP contribution is 2.34. The summed E-state index contributed by atoms with van der Waals surface area (Å²) in [5, 5.41) is 0. The Kier molecular flexibility index (Phi) is 2.56. The molecule has 84 valence electrons. The summed E-state index contributed by atoms with van der Waals surface area (Å²) < 4.78 is 10.7. The van der Waals surface area contributed by atoms with Crippen molar-refractivity contribution >= 4 is 6.08 Å². The van der Waals surface area contributed by atoms with Crippen molar-refractivity contribution in [3.8, 4) is 11.5 Å². The van der Waals surface area contributed by atoms with E-state index in [0.717, 1.165) is 11.5 Å². The third-order valence-electron chi connectivity index (χ3n) is 3.26. The van der Waals surface area contributed by atoms with Crippen LogP contribution in [0.25, 0.3) is 6.08 Å². The van der Waals surface area contributed by atoms with E-state index >= 15 is 0 Å². The summed E-state index contributed by atoms with van der Waals surface area (Å²) in [6.45, 7) is 0.357. The highest BCUT2D eigenvalue weighted by molar-refractivity contribution is 5.58. The highest BCUT2D eigenvalue weighted by Gasteiger charge is 2.13. The van der Waals surface area contributed by atoms with Crippen molar-refractivity contribution in [2.75, 3.05) is 6.79 Å². The van der Waals surface area contributed by atoms with Gasteiger partial charge in [-0.1, -0.05) is 24.1 Å². The minimum atomic E-state index is 0.357. The fourth-order valence-electron chi connectivity index (χ4n) is 2.39. The van der Waals surface area contributed by atoms with Crippen LogP contribution in [0, 0.1) is 0 Å². The van der Waals surface area contributed by atoms with Gasteiger partial charge in [-0.2, -0.15) is 0 Å². The van der Waals surface area contributed by atoms with E-state index in [1.807, 2.05) is 6.07 Å². The molecule has 3 rings (SSSR count). The maximum absolute atomic E-state index is 5.38. The molecule has 16 heavy (non-hydrogen) atoms. The first kappa shape index (κ1) is 9.76. The summed E-state index contributed by atoms with van der Waals surface area (Å²) >= 11 is 0. The lowest BCUT2D eigenvalue weighted by atomic mass is 9.93. The van der Waals surface area contributed by atoms with Gasteiger partial charge >= 0.3 is 0 Å². The average molecular weight is 216 g/mol. The second-order valence-corrected chi connectivity index (χ2v) is 4.48. The van der Waals surface area contributed by atoms with Gasteiger partial charge in [-0.05, 0) is 43.4 Å². The molecule has 0 bridgehead atoms. The lowest BCUT2D eigenvalue weighted by molar-refractivity contribution is 0.174. The molecule has 1 fully saturated rings. The zero-order chi connectivity index (χ0) is 10.8. The van der Waals surface area contributed by atoms with Crippen molar-refractivity contribution < 1.29 is 9.47 Å². The molecular formula is C14H16O2. The maximum Gasteiger partial charge on any atom is 0.231 e. The van der Waals surface area contributed by atoms with Gasteiger partial charge in [-0.25, -0.2) is 0 Å². The topological polar surface area (TPSA) is 18.5 Å². The first-order valence-electron chi connectivity index (χ1n) is 6.01. The zero-order valence-electron chi connectivity index (χ0n) is 9.37. The van der Waals surface area contributed by atoms with Gasteiger partial charge < -0.3 is 9.47 Å². The van der Waals surface area contributed by atoms with Gasteiger partial charge in [-0.3, -0.25) is 0 Å². The van der Waals surface area contributed by atoms with Crippen LogP contribution in [0.3, 0.4) is 0 Å². The van der Waals surface area contributed by atoms with Crippen LogP contribution in [0.1, 0.15) is 37.7 Å². The Morgan fingerprint density at radius 2 is 1.75 bits per heavy atom. The SMILES string of the molecule is C(=C1CCCCC1)c1ccc2c(c1)OCO2. The molecule has 2 nitrogen and oxygen atoms in total. The van der Waals surface area contributed by atoms with E-state index in [1.165, 1.54) is 37.7 Å². The third-order valence-corrected chi connectivity index (χ3v) is 3.26.